The van der Waals surface area contributed by atoms with Gasteiger partial charge in [0.15, 0.2) is 0 Å². The summed E-state index contributed by atoms with van der Waals surface area (Å²) in [6.07, 6.45) is -4.28. The molecule has 2 aromatic rings. The normalized spacial score (nSPS) is 16.3. The molecule has 3 rings (SSSR count). The van der Waals surface area contributed by atoms with Crippen LogP contribution in [0.5, 0.6) is 0 Å². The molecule has 0 amide bonds. The van der Waals surface area contributed by atoms with Crippen LogP contribution in [0.1, 0.15) is 17.5 Å². The second-order valence-corrected chi connectivity index (χ2v) is 8.83. The van der Waals surface area contributed by atoms with E-state index in [1.165, 1.54) is 33.5 Å². The van der Waals surface area contributed by atoms with E-state index in [2.05, 4.69) is 0 Å². The molecule has 1 saturated heterocycles. The predicted molar refractivity (Wildman–Crippen MR) is 103 cm³/mol. The van der Waals surface area contributed by atoms with E-state index in [-0.39, 0.29) is 47.3 Å². The average Bonchev–Trinajstić information content (AvgIpc) is 2.93. The summed E-state index contributed by atoms with van der Waals surface area (Å²) in [4.78, 5) is 1.48. The quantitative estimate of drug-likeness (QED) is 0.715. The van der Waals surface area contributed by atoms with E-state index in [0.29, 0.717) is 6.42 Å². The minimum Gasteiger partial charge on any atom is -0.370 e. The van der Waals surface area contributed by atoms with Gasteiger partial charge in [-0.15, -0.1) is 0 Å². The molecule has 1 aliphatic heterocycles. The van der Waals surface area contributed by atoms with Crippen molar-refractivity contribution < 1.29 is 21.6 Å². The van der Waals surface area contributed by atoms with Crippen molar-refractivity contribution in [2.75, 3.05) is 31.1 Å². The third kappa shape index (κ3) is 4.50. The second-order valence-electron chi connectivity index (χ2n) is 6.52. The van der Waals surface area contributed by atoms with Gasteiger partial charge in [-0.1, -0.05) is 23.7 Å². The van der Waals surface area contributed by atoms with E-state index in [9.17, 15) is 21.6 Å². The molecule has 0 spiro atoms. The van der Waals surface area contributed by atoms with Crippen molar-refractivity contribution in [3.63, 3.8) is 0 Å². The molecular weight excluding hydrogens is 427 g/mol. The molecule has 0 aliphatic carbocycles. The van der Waals surface area contributed by atoms with Crippen molar-refractivity contribution in [1.82, 2.24) is 4.31 Å². The number of rotatable bonds is 3. The van der Waals surface area contributed by atoms with Crippen molar-refractivity contribution in [3.8, 4) is 6.07 Å². The SMILES string of the molecule is N#Cc1ccc(N2CCCN(S(=O)(=O)c3ccccc3Cl)CC2)c(C(F)(F)F)c1. The van der Waals surface area contributed by atoms with Gasteiger partial charge in [0.25, 0.3) is 0 Å². The Hall–Kier alpha value is -2.28. The first kappa shape index (κ1) is 21.4. The molecule has 5 nitrogen and oxygen atoms in total. The maximum atomic E-state index is 13.5. The monoisotopic (exact) mass is 443 g/mol. The van der Waals surface area contributed by atoms with E-state index in [4.69, 9.17) is 16.9 Å². The first-order chi connectivity index (χ1) is 13.6. The van der Waals surface area contributed by atoms with Crippen LogP contribution >= 0.6 is 11.6 Å². The Kier molecular flexibility index (Phi) is 6.08. The van der Waals surface area contributed by atoms with Crippen LogP contribution in [0.2, 0.25) is 5.02 Å². The predicted octanol–water partition coefficient (Wildman–Crippen LogP) is 4.13. The summed E-state index contributed by atoms with van der Waals surface area (Å²) in [5, 5.41) is 9.01. The molecule has 0 N–H and O–H groups in total. The van der Waals surface area contributed by atoms with Crippen molar-refractivity contribution in [2.24, 2.45) is 0 Å². The fraction of sp³-hybridized carbons (Fsp3) is 0.316. The molecule has 1 aliphatic rings. The van der Waals surface area contributed by atoms with Gasteiger partial charge in [0.05, 0.1) is 22.2 Å². The Morgan fingerprint density at radius 1 is 1.03 bits per heavy atom. The zero-order valence-electron chi connectivity index (χ0n) is 15.2. The van der Waals surface area contributed by atoms with Crippen LogP contribution in [0.15, 0.2) is 47.4 Å². The van der Waals surface area contributed by atoms with E-state index in [0.717, 1.165) is 6.07 Å². The Balaban J connectivity index is 1.88. The van der Waals surface area contributed by atoms with Crippen LogP contribution in [0.25, 0.3) is 0 Å². The molecule has 10 heteroatoms. The molecule has 2 aromatic carbocycles. The molecule has 0 radical (unpaired) electrons. The number of alkyl halides is 3. The van der Waals surface area contributed by atoms with E-state index in [1.807, 2.05) is 0 Å². The topological polar surface area (TPSA) is 64.4 Å². The Bertz CT molecular complexity index is 1050. The van der Waals surface area contributed by atoms with Crippen LogP contribution in [-0.4, -0.2) is 38.9 Å². The summed E-state index contributed by atoms with van der Waals surface area (Å²) in [6.45, 7) is 0.523. The Labute approximate surface area is 172 Å². The summed E-state index contributed by atoms with van der Waals surface area (Å²) < 4.78 is 67.6. The highest BCUT2D eigenvalue weighted by Gasteiger charge is 2.36. The highest BCUT2D eigenvalue weighted by molar-refractivity contribution is 7.89. The third-order valence-corrected chi connectivity index (χ3v) is 7.08. The lowest BCUT2D eigenvalue weighted by Gasteiger charge is -2.26. The molecule has 0 saturated carbocycles. The molecular formula is C19H17ClF3N3O2S. The van der Waals surface area contributed by atoms with E-state index < -0.39 is 21.8 Å². The fourth-order valence-corrected chi connectivity index (χ4v) is 5.24. The first-order valence-corrected chi connectivity index (χ1v) is 10.6. The maximum Gasteiger partial charge on any atom is 0.418 e. The lowest BCUT2D eigenvalue weighted by Crippen LogP contribution is -2.35. The molecule has 0 unspecified atom stereocenters. The lowest BCUT2D eigenvalue weighted by atomic mass is 10.1. The highest BCUT2D eigenvalue weighted by Crippen LogP contribution is 2.38. The summed E-state index contributed by atoms with van der Waals surface area (Å²) in [5.41, 5.74) is -1.05. The number of benzene rings is 2. The minimum atomic E-state index is -4.63. The van der Waals surface area contributed by atoms with Gasteiger partial charge in [0.2, 0.25) is 10.0 Å². The molecule has 1 heterocycles. The molecule has 154 valence electrons. The van der Waals surface area contributed by atoms with Crippen LogP contribution in [0.3, 0.4) is 0 Å². The van der Waals surface area contributed by atoms with Crippen LogP contribution in [-0.2, 0) is 16.2 Å². The number of sulfonamides is 1. The second kappa shape index (κ2) is 8.22. The van der Waals surface area contributed by atoms with Crippen LogP contribution < -0.4 is 4.90 Å². The van der Waals surface area contributed by atoms with Gasteiger partial charge in [-0.3, -0.25) is 0 Å². The van der Waals surface area contributed by atoms with E-state index >= 15 is 0 Å². The standard InChI is InChI=1S/C19H17ClF3N3O2S/c20-16-4-1-2-5-18(16)29(27,28)26-9-3-8-25(10-11-26)17-7-6-14(13-24)12-15(17)19(21,22)23/h1-2,4-7,12H,3,8-11H2. The van der Waals surface area contributed by atoms with Crippen molar-refractivity contribution in [1.29, 1.82) is 5.26 Å². The van der Waals surface area contributed by atoms with Crippen molar-refractivity contribution >= 4 is 27.3 Å². The number of hydrogen-bond acceptors (Lipinski definition) is 4. The van der Waals surface area contributed by atoms with E-state index in [1.54, 1.807) is 18.2 Å². The summed E-state index contributed by atoms with van der Waals surface area (Å²) in [7, 11) is -3.86. The summed E-state index contributed by atoms with van der Waals surface area (Å²) in [6, 6.07) is 11.2. The molecule has 0 aromatic heterocycles. The molecule has 1 fully saturated rings. The fourth-order valence-electron chi connectivity index (χ4n) is 3.28. The van der Waals surface area contributed by atoms with Gasteiger partial charge < -0.3 is 4.90 Å². The molecule has 29 heavy (non-hydrogen) atoms. The Morgan fingerprint density at radius 3 is 2.41 bits per heavy atom. The average molecular weight is 444 g/mol. The summed E-state index contributed by atoms with van der Waals surface area (Å²) >= 11 is 6.03. The Morgan fingerprint density at radius 2 is 1.76 bits per heavy atom. The van der Waals surface area contributed by atoms with Gasteiger partial charge in [-0.2, -0.15) is 22.7 Å². The van der Waals surface area contributed by atoms with Crippen molar-refractivity contribution in [2.45, 2.75) is 17.5 Å². The number of nitriles is 1. The van der Waals surface area contributed by atoms with Gasteiger partial charge in [-0.25, -0.2) is 8.42 Å². The van der Waals surface area contributed by atoms with Crippen molar-refractivity contribution in [3.05, 3.63) is 58.6 Å². The van der Waals surface area contributed by atoms with Crippen LogP contribution in [0.4, 0.5) is 18.9 Å². The van der Waals surface area contributed by atoms with Gasteiger partial charge in [0, 0.05) is 31.9 Å². The number of nitrogens with zero attached hydrogens (tertiary/aromatic N) is 3. The number of anilines is 1. The van der Waals surface area contributed by atoms with Crippen LogP contribution in [0, 0.1) is 11.3 Å². The smallest absolute Gasteiger partial charge is 0.370 e. The van der Waals surface area contributed by atoms with Gasteiger partial charge >= 0.3 is 6.18 Å². The zero-order valence-corrected chi connectivity index (χ0v) is 16.7. The number of hydrogen-bond donors (Lipinski definition) is 0. The summed E-state index contributed by atoms with van der Waals surface area (Å²) in [5.74, 6) is 0. The number of halogens is 4. The van der Waals surface area contributed by atoms with Gasteiger partial charge in [0.1, 0.15) is 4.90 Å². The lowest BCUT2D eigenvalue weighted by molar-refractivity contribution is -0.137. The highest BCUT2D eigenvalue weighted by atomic mass is 35.5. The maximum absolute atomic E-state index is 13.5. The van der Waals surface area contributed by atoms with Gasteiger partial charge in [-0.05, 0) is 36.8 Å². The molecule has 0 atom stereocenters. The molecule has 0 bridgehead atoms. The first-order valence-electron chi connectivity index (χ1n) is 8.75. The third-order valence-electron chi connectivity index (χ3n) is 4.68. The minimum absolute atomic E-state index is 0.0187. The largest absolute Gasteiger partial charge is 0.418 e. The zero-order chi connectivity index (χ0) is 21.2.